The molecule has 2 aromatic heterocycles. The van der Waals surface area contributed by atoms with Crippen molar-refractivity contribution in [1.82, 2.24) is 19.9 Å². The Kier molecular flexibility index (Phi) is 4.23. The number of fused-ring (bicyclic) bond motifs is 1. The number of aryl methyl sites for hydroxylation is 1. The second-order valence-corrected chi connectivity index (χ2v) is 5.83. The van der Waals surface area contributed by atoms with Gasteiger partial charge in [0.15, 0.2) is 10.4 Å². The third-order valence-corrected chi connectivity index (χ3v) is 3.57. The number of pyridine rings is 1. The summed E-state index contributed by atoms with van der Waals surface area (Å²) in [5.41, 5.74) is 2.68. The van der Waals surface area contributed by atoms with Crippen LogP contribution in [0.1, 0.15) is 32.4 Å². The molecule has 6 heteroatoms. The number of imidazole rings is 1. The predicted octanol–water partition coefficient (Wildman–Crippen LogP) is 2.74. The van der Waals surface area contributed by atoms with Crippen LogP contribution in [0.3, 0.4) is 0 Å². The van der Waals surface area contributed by atoms with Crippen LogP contribution in [0.2, 0.25) is 0 Å². The van der Waals surface area contributed by atoms with E-state index in [0.29, 0.717) is 17.2 Å². The molecule has 5 nitrogen and oxygen atoms in total. The lowest BCUT2D eigenvalue weighted by molar-refractivity contribution is -0.123. The fourth-order valence-electron chi connectivity index (χ4n) is 2.07. The van der Waals surface area contributed by atoms with Crippen LogP contribution >= 0.6 is 12.2 Å². The summed E-state index contributed by atoms with van der Waals surface area (Å²) in [6.07, 6.45) is 1.73. The van der Waals surface area contributed by atoms with Gasteiger partial charge in [0.25, 0.3) is 0 Å². The van der Waals surface area contributed by atoms with Crippen molar-refractivity contribution in [2.45, 2.75) is 33.7 Å². The van der Waals surface area contributed by atoms with Gasteiger partial charge in [-0.05, 0) is 43.6 Å². The van der Waals surface area contributed by atoms with Gasteiger partial charge in [0.1, 0.15) is 6.04 Å². The predicted molar refractivity (Wildman–Crippen MR) is 82.2 cm³/mol. The van der Waals surface area contributed by atoms with E-state index < -0.39 is 0 Å². The SMILES string of the molecule is Cc1ccnc2c1[nH]c(=S)n2C(C)C(=O)NCC(C)C. The van der Waals surface area contributed by atoms with E-state index >= 15 is 0 Å². The van der Waals surface area contributed by atoms with Crippen LogP contribution < -0.4 is 5.32 Å². The summed E-state index contributed by atoms with van der Waals surface area (Å²) in [5.74, 6) is 0.376. The molecule has 0 aromatic carbocycles. The van der Waals surface area contributed by atoms with Crippen molar-refractivity contribution in [1.29, 1.82) is 0 Å². The van der Waals surface area contributed by atoms with Gasteiger partial charge in [-0.2, -0.15) is 0 Å². The van der Waals surface area contributed by atoms with Gasteiger partial charge in [0.05, 0.1) is 5.52 Å². The first kappa shape index (κ1) is 14.7. The van der Waals surface area contributed by atoms with E-state index in [1.54, 1.807) is 10.8 Å². The van der Waals surface area contributed by atoms with Crippen molar-refractivity contribution in [3.63, 3.8) is 0 Å². The topological polar surface area (TPSA) is 62.7 Å². The molecule has 0 aliphatic rings. The second kappa shape index (κ2) is 5.75. The van der Waals surface area contributed by atoms with E-state index in [1.165, 1.54) is 0 Å². The van der Waals surface area contributed by atoms with Crippen molar-refractivity contribution >= 4 is 29.3 Å². The summed E-state index contributed by atoms with van der Waals surface area (Å²) in [6, 6.07) is 1.53. The molecule has 1 unspecified atom stereocenters. The van der Waals surface area contributed by atoms with Crippen molar-refractivity contribution in [2.24, 2.45) is 5.92 Å². The quantitative estimate of drug-likeness (QED) is 0.852. The Bertz CT molecular complexity index is 686. The summed E-state index contributed by atoms with van der Waals surface area (Å²) < 4.78 is 2.29. The number of aromatic nitrogens is 3. The zero-order chi connectivity index (χ0) is 14.9. The Balaban J connectivity index is 2.37. The minimum Gasteiger partial charge on any atom is -0.354 e. The Morgan fingerprint density at radius 2 is 2.20 bits per heavy atom. The van der Waals surface area contributed by atoms with E-state index in [0.717, 1.165) is 16.7 Å². The number of rotatable bonds is 4. The molecule has 2 heterocycles. The standard InChI is InChI=1S/C14H20N4OS/c1-8(2)7-16-13(19)10(4)18-12-11(17-14(18)20)9(3)5-6-15-12/h5-6,8,10H,7H2,1-4H3,(H,16,19)(H,17,20). The molecule has 2 aromatic rings. The van der Waals surface area contributed by atoms with Crippen molar-refractivity contribution in [3.05, 3.63) is 22.6 Å². The molecular weight excluding hydrogens is 272 g/mol. The number of carbonyl (C=O) groups excluding carboxylic acids is 1. The zero-order valence-corrected chi connectivity index (χ0v) is 13.0. The van der Waals surface area contributed by atoms with E-state index in [1.807, 2.05) is 19.9 Å². The monoisotopic (exact) mass is 292 g/mol. The van der Waals surface area contributed by atoms with Gasteiger partial charge in [-0.1, -0.05) is 13.8 Å². The van der Waals surface area contributed by atoms with Crippen LogP contribution in [-0.4, -0.2) is 27.0 Å². The molecule has 0 spiro atoms. The highest BCUT2D eigenvalue weighted by molar-refractivity contribution is 7.71. The van der Waals surface area contributed by atoms with Crippen LogP contribution in [0.15, 0.2) is 12.3 Å². The average molecular weight is 292 g/mol. The Hall–Kier alpha value is -1.69. The lowest BCUT2D eigenvalue weighted by Crippen LogP contribution is -2.33. The van der Waals surface area contributed by atoms with Gasteiger partial charge < -0.3 is 10.3 Å². The third kappa shape index (κ3) is 2.75. The first-order chi connectivity index (χ1) is 9.41. The molecule has 0 aliphatic carbocycles. The molecule has 2 rings (SSSR count). The number of H-pyrrole nitrogens is 1. The highest BCUT2D eigenvalue weighted by Gasteiger charge is 2.19. The van der Waals surface area contributed by atoms with Gasteiger partial charge in [0, 0.05) is 12.7 Å². The smallest absolute Gasteiger partial charge is 0.242 e. The van der Waals surface area contributed by atoms with Gasteiger partial charge in [0.2, 0.25) is 5.91 Å². The number of nitrogens with one attached hydrogen (secondary N) is 2. The van der Waals surface area contributed by atoms with Gasteiger partial charge >= 0.3 is 0 Å². The maximum absolute atomic E-state index is 12.2. The largest absolute Gasteiger partial charge is 0.354 e. The Morgan fingerprint density at radius 1 is 1.50 bits per heavy atom. The van der Waals surface area contributed by atoms with Crippen LogP contribution in [0.25, 0.3) is 11.2 Å². The molecular formula is C14H20N4OS. The van der Waals surface area contributed by atoms with E-state index in [2.05, 4.69) is 29.1 Å². The van der Waals surface area contributed by atoms with Crippen LogP contribution in [0.4, 0.5) is 0 Å². The summed E-state index contributed by atoms with van der Waals surface area (Å²) in [6.45, 7) is 8.61. The summed E-state index contributed by atoms with van der Waals surface area (Å²) in [5, 5.41) is 2.93. The van der Waals surface area contributed by atoms with Gasteiger partial charge in [-0.15, -0.1) is 0 Å². The molecule has 1 amide bonds. The van der Waals surface area contributed by atoms with Crippen LogP contribution in [0, 0.1) is 17.6 Å². The number of carbonyl (C=O) groups is 1. The highest BCUT2D eigenvalue weighted by atomic mass is 32.1. The Labute approximate surface area is 123 Å². The molecule has 0 radical (unpaired) electrons. The van der Waals surface area contributed by atoms with Gasteiger partial charge in [-0.3, -0.25) is 9.36 Å². The lowest BCUT2D eigenvalue weighted by Gasteiger charge is -2.15. The highest BCUT2D eigenvalue weighted by Crippen LogP contribution is 2.19. The number of nitrogens with zero attached hydrogens (tertiary/aromatic N) is 2. The number of hydrogen-bond donors (Lipinski definition) is 2. The molecule has 0 saturated heterocycles. The third-order valence-electron chi connectivity index (χ3n) is 3.27. The van der Waals surface area contributed by atoms with Gasteiger partial charge in [-0.25, -0.2) is 4.98 Å². The number of aromatic amines is 1. The molecule has 0 saturated carbocycles. The summed E-state index contributed by atoms with van der Waals surface area (Å²) in [7, 11) is 0. The van der Waals surface area contributed by atoms with Crippen molar-refractivity contribution in [2.75, 3.05) is 6.54 Å². The molecule has 0 fully saturated rings. The normalized spacial score (nSPS) is 12.8. The number of hydrogen-bond acceptors (Lipinski definition) is 3. The minimum atomic E-state index is -0.385. The fraction of sp³-hybridized carbons (Fsp3) is 0.500. The molecule has 1 atom stereocenters. The van der Waals surface area contributed by atoms with Crippen LogP contribution in [0.5, 0.6) is 0 Å². The summed E-state index contributed by atoms with van der Waals surface area (Å²) >= 11 is 5.33. The maximum atomic E-state index is 12.2. The molecule has 0 aliphatic heterocycles. The molecule has 0 bridgehead atoms. The average Bonchev–Trinajstić information content (AvgIpc) is 2.73. The van der Waals surface area contributed by atoms with E-state index in [9.17, 15) is 4.79 Å². The van der Waals surface area contributed by atoms with Crippen molar-refractivity contribution in [3.8, 4) is 0 Å². The minimum absolute atomic E-state index is 0.0426. The maximum Gasteiger partial charge on any atom is 0.242 e. The molecule has 108 valence electrons. The van der Waals surface area contributed by atoms with Crippen LogP contribution in [-0.2, 0) is 4.79 Å². The van der Waals surface area contributed by atoms with E-state index in [4.69, 9.17) is 12.2 Å². The van der Waals surface area contributed by atoms with Crippen molar-refractivity contribution < 1.29 is 4.79 Å². The summed E-state index contributed by atoms with van der Waals surface area (Å²) in [4.78, 5) is 19.7. The lowest BCUT2D eigenvalue weighted by atomic mass is 10.2. The molecule has 2 N–H and O–H groups in total. The second-order valence-electron chi connectivity index (χ2n) is 5.44. The first-order valence-corrected chi connectivity index (χ1v) is 7.16. The Morgan fingerprint density at radius 3 is 2.85 bits per heavy atom. The zero-order valence-electron chi connectivity index (χ0n) is 12.2. The first-order valence-electron chi connectivity index (χ1n) is 6.75. The fourth-order valence-corrected chi connectivity index (χ4v) is 2.42. The molecule has 20 heavy (non-hydrogen) atoms. The number of amides is 1. The van der Waals surface area contributed by atoms with E-state index in [-0.39, 0.29) is 11.9 Å².